The fourth-order valence-corrected chi connectivity index (χ4v) is 4.04. The maximum absolute atomic E-state index is 12.5. The molecule has 0 radical (unpaired) electrons. The van der Waals surface area contributed by atoms with Crippen molar-refractivity contribution in [3.63, 3.8) is 0 Å². The van der Waals surface area contributed by atoms with Gasteiger partial charge in [0.15, 0.2) is 11.5 Å². The van der Waals surface area contributed by atoms with E-state index < -0.39 is 0 Å². The first-order valence-corrected chi connectivity index (χ1v) is 11.1. The number of imidazole rings is 1. The lowest BCUT2D eigenvalue weighted by Crippen LogP contribution is -2.11. The summed E-state index contributed by atoms with van der Waals surface area (Å²) >= 11 is 1.38. The minimum atomic E-state index is -0.268. The molecule has 0 aliphatic heterocycles. The van der Waals surface area contributed by atoms with Crippen LogP contribution >= 0.6 is 11.3 Å². The Morgan fingerprint density at radius 3 is 2.74 bits per heavy atom. The lowest BCUT2D eigenvalue weighted by molar-refractivity contribution is 0.101. The van der Waals surface area contributed by atoms with Crippen LogP contribution in [0.15, 0.2) is 78.6 Å². The molecule has 0 aliphatic carbocycles. The maximum Gasteiger partial charge on any atom is 0.267 e. The molecule has 0 aliphatic rings. The van der Waals surface area contributed by atoms with E-state index in [1.54, 1.807) is 60.9 Å². The van der Waals surface area contributed by atoms with Crippen molar-refractivity contribution < 1.29 is 14.3 Å². The van der Waals surface area contributed by atoms with Crippen LogP contribution in [-0.2, 0) is 0 Å². The summed E-state index contributed by atoms with van der Waals surface area (Å²) in [5.74, 6) is 0.737. The molecule has 9 nitrogen and oxygen atoms in total. The SMILES string of the molecule is Cc1ccsc1C(=O)Nc1cn2nc(Oc3cccc(NC(=O)c4cccnc4)c3)ccc2n1. The number of rotatable bonds is 6. The van der Waals surface area contributed by atoms with E-state index in [0.29, 0.717) is 39.2 Å². The van der Waals surface area contributed by atoms with Crippen molar-refractivity contribution in [3.8, 4) is 11.6 Å². The van der Waals surface area contributed by atoms with Gasteiger partial charge in [0.1, 0.15) is 5.75 Å². The van der Waals surface area contributed by atoms with Crippen LogP contribution in [0.2, 0.25) is 0 Å². The Morgan fingerprint density at radius 1 is 1.03 bits per heavy atom. The van der Waals surface area contributed by atoms with Gasteiger partial charge in [0.2, 0.25) is 5.88 Å². The van der Waals surface area contributed by atoms with E-state index in [1.165, 1.54) is 22.0 Å². The summed E-state index contributed by atoms with van der Waals surface area (Å²) < 4.78 is 7.40. The summed E-state index contributed by atoms with van der Waals surface area (Å²) in [7, 11) is 0. The second-order valence-corrected chi connectivity index (χ2v) is 8.23. The fourth-order valence-electron chi connectivity index (χ4n) is 3.22. The monoisotopic (exact) mass is 470 g/mol. The zero-order valence-electron chi connectivity index (χ0n) is 17.9. The van der Waals surface area contributed by atoms with Gasteiger partial charge in [-0.15, -0.1) is 16.4 Å². The number of hydrogen-bond donors (Lipinski definition) is 2. The molecule has 5 rings (SSSR count). The minimum Gasteiger partial charge on any atom is -0.438 e. The second kappa shape index (κ2) is 9.12. The molecule has 10 heteroatoms. The Labute approximate surface area is 198 Å². The first-order chi connectivity index (χ1) is 16.5. The summed E-state index contributed by atoms with van der Waals surface area (Å²) in [5.41, 5.74) is 2.50. The first kappa shape index (κ1) is 21.3. The summed E-state index contributed by atoms with van der Waals surface area (Å²) in [6.07, 6.45) is 4.72. The summed E-state index contributed by atoms with van der Waals surface area (Å²) in [5, 5.41) is 11.9. The van der Waals surface area contributed by atoms with Crippen molar-refractivity contribution in [1.29, 1.82) is 0 Å². The topological polar surface area (TPSA) is 111 Å². The summed E-state index contributed by atoms with van der Waals surface area (Å²) in [4.78, 5) is 33.8. The van der Waals surface area contributed by atoms with Crippen LogP contribution in [0.25, 0.3) is 5.65 Å². The quantitative estimate of drug-likeness (QED) is 0.369. The van der Waals surface area contributed by atoms with E-state index in [4.69, 9.17) is 4.74 Å². The molecule has 0 saturated carbocycles. The van der Waals surface area contributed by atoms with Crippen LogP contribution in [0.3, 0.4) is 0 Å². The molecule has 168 valence electrons. The molecule has 0 atom stereocenters. The molecule has 0 bridgehead atoms. The smallest absolute Gasteiger partial charge is 0.267 e. The number of aromatic nitrogens is 4. The van der Waals surface area contributed by atoms with Crippen molar-refractivity contribution in [1.82, 2.24) is 19.6 Å². The third kappa shape index (κ3) is 4.62. The number of pyridine rings is 1. The lowest BCUT2D eigenvalue weighted by Gasteiger charge is -2.08. The molecule has 5 aromatic rings. The van der Waals surface area contributed by atoms with Gasteiger partial charge in [0.25, 0.3) is 11.8 Å². The fraction of sp³-hybridized carbons (Fsp3) is 0.0417. The van der Waals surface area contributed by atoms with Crippen LogP contribution in [-0.4, -0.2) is 31.4 Å². The Hall–Kier alpha value is -4.57. The largest absolute Gasteiger partial charge is 0.438 e. The molecule has 2 N–H and O–H groups in total. The maximum atomic E-state index is 12.5. The van der Waals surface area contributed by atoms with Gasteiger partial charge in [0, 0.05) is 30.2 Å². The number of nitrogens with one attached hydrogen (secondary N) is 2. The van der Waals surface area contributed by atoms with Gasteiger partial charge in [-0.05, 0) is 54.3 Å². The molecule has 4 heterocycles. The van der Waals surface area contributed by atoms with E-state index in [-0.39, 0.29) is 11.8 Å². The zero-order chi connectivity index (χ0) is 23.5. The van der Waals surface area contributed by atoms with E-state index in [0.717, 1.165) is 5.56 Å². The average molecular weight is 471 g/mol. The van der Waals surface area contributed by atoms with Gasteiger partial charge in [-0.2, -0.15) is 0 Å². The summed E-state index contributed by atoms with van der Waals surface area (Å²) in [6, 6.07) is 15.7. The van der Waals surface area contributed by atoms with Crippen LogP contribution in [0, 0.1) is 6.92 Å². The Balaban J connectivity index is 1.29. The predicted molar refractivity (Wildman–Crippen MR) is 129 cm³/mol. The molecule has 0 saturated heterocycles. The normalized spacial score (nSPS) is 10.7. The van der Waals surface area contributed by atoms with Crippen LogP contribution in [0.5, 0.6) is 11.6 Å². The van der Waals surface area contributed by atoms with E-state index in [2.05, 4.69) is 25.7 Å². The van der Waals surface area contributed by atoms with Crippen molar-refractivity contribution in [2.24, 2.45) is 0 Å². The molecule has 1 aromatic carbocycles. The predicted octanol–water partition coefficient (Wildman–Crippen LogP) is 4.79. The Morgan fingerprint density at radius 2 is 1.94 bits per heavy atom. The standard InChI is InChI=1S/C24H18N6O3S/c1-15-9-11-34-22(15)24(32)28-19-14-30-20(27-19)7-8-21(29-30)33-18-6-2-5-17(12-18)26-23(31)16-4-3-10-25-13-16/h2-14H,1H3,(H,26,31)(H,28,32). The number of carbonyl (C=O) groups is 2. The number of amides is 2. The van der Waals surface area contributed by atoms with Crippen LogP contribution in [0.4, 0.5) is 11.5 Å². The highest BCUT2D eigenvalue weighted by atomic mass is 32.1. The number of nitrogens with zero attached hydrogens (tertiary/aromatic N) is 4. The number of carbonyl (C=O) groups excluding carboxylic acids is 2. The Kier molecular flexibility index (Phi) is 5.71. The lowest BCUT2D eigenvalue weighted by atomic mass is 10.2. The van der Waals surface area contributed by atoms with Gasteiger partial charge in [-0.3, -0.25) is 14.6 Å². The third-order valence-electron chi connectivity index (χ3n) is 4.84. The molecule has 0 spiro atoms. The van der Waals surface area contributed by atoms with Gasteiger partial charge >= 0.3 is 0 Å². The number of fused-ring (bicyclic) bond motifs is 1. The van der Waals surface area contributed by atoms with Crippen molar-refractivity contribution in [2.75, 3.05) is 10.6 Å². The van der Waals surface area contributed by atoms with Crippen LogP contribution < -0.4 is 15.4 Å². The molecule has 34 heavy (non-hydrogen) atoms. The van der Waals surface area contributed by atoms with Crippen molar-refractivity contribution in [2.45, 2.75) is 6.92 Å². The molecule has 2 amide bonds. The highest BCUT2D eigenvalue weighted by Gasteiger charge is 2.13. The molecular weight excluding hydrogens is 452 g/mol. The van der Waals surface area contributed by atoms with Crippen molar-refractivity contribution in [3.05, 3.63) is 94.6 Å². The highest BCUT2D eigenvalue weighted by molar-refractivity contribution is 7.12. The van der Waals surface area contributed by atoms with Crippen molar-refractivity contribution >= 4 is 40.3 Å². The second-order valence-electron chi connectivity index (χ2n) is 7.31. The summed E-state index contributed by atoms with van der Waals surface area (Å²) in [6.45, 7) is 1.89. The van der Waals surface area contributed by atoms with E-state index in [9.17, 15) is 9.59 Å². The van der Waals surface area contributed by atoms with Crippen LogP contribution in [0.1, 0.15) is 25.6 Å². The molecule has 0 unspecified atom stereocenters. The minimum absolute atomic E-state index is 0.211. The first-order valence-electron chi connectivity index (χ1n) is 10.3. The molecule has 0 fully saturated rings. The number of aryl methyl sites for hydroxylation is 1. The van der Waals surface area contributed by atoms with Gasteiger partial charge in [-0.25, -0.2) is 9.50 Å². The van der Waals surface area contributed by atoms with E-state index in [1.807, 2.05) is 18.4 Å². The average Bonchev–Trinajstić information content (AvgIpc) is 3.45. The Bertz CT molecular complexity index is 1500. The molecule has 4 aromatic heterocycles. The molecular formula is C24H18N6O3S. The number of benzene rings is 1. The third-order valence-corrected chi connectivity index (χ3v) is 5.86. The zero-order valence-corrected chi connectivity index (χ0v) is 18.7. The number of anilines is 2. The van der Waals surface area contributed by atoms with Gasteiger partial charge < -0.3 is 15.4 Å². The van der Waals surface area contributed by atoms with Gasteiger partial charge in [-0.1, -0.05) is 6.07 Å². The van der Waals surface area contributed by atoms with E-state index >= 15 is 0 Å². The number of hydrogen-bond acceptors (Lipinski definition) is 7. The number of ether oxygens (including phenoxy) is 1. The number of thiophene rings is 1. The van der Waals surface area contributed by atoms with Gasteiger partial charge in [0.05, 0.1) is 16.6 Å². The highest BCUT2D eigenvalue weighted by Crippen LogP contribution is 2.24.